The van der Waals surface area contributed by atoms with E-state index in [0.29, 0.717) is 22.9 Å². The van der Waals surface area contributed by atoms with Crippen molar-refractivity contribution in [2.75, 3.05) is 17.7 Å². The minimum absolute atomic E-state index is 0.210. The van der Waals surface area contributed by atoms with Crippen LogP contribution in [-0.4, -0.2) is 23.2 Å². The predicted octanol–water partition coefficient (Wildman–Crippen LogP) is 4.10. The van der Waals surface area contributed by atoms with Gasteiger partial charge in [-0.25, -0.2) is 0 Å². The second-order valence-electron chi connectivity index (χ2n) is 5.90. The molecule has 0 saturated carbocycles. The van der Waals surface area contributed by atoms with Gasteiger partial charge in [-0.15, -0.1) is 10.2 Å². The van der Waals surface area contributed by atoms with Crippen LogP contribution in [-0.2, 0) is 0 Å². The molecular weight excluding hydrogens is 328 g/mol. The van der Waals surface area contributed by atoms with Gasteiger partial charge >= 0.3 is 0 Å². The molecule has 3 rings (SSSR count). The fourth-order valence-corrected chi connectivity index (χ4v) is 2.53. The molecule has 0 aliphatic rings. The molecule has 0 atom stereocenters. The summed E-state index contributed by atoms with van der Waals surface area (Å²) >= 11 is 0. The monoisotopic (exact) mass is 348 g/mol. The van der Waals surface area contributed by atoms with Crippen molar-refractivity contribution in [1.29, 1.82) is 0 Å². The third-order valence-corrected chi connectivity index (χ3v) is 3.91. The van der Waals surface area contributed by atoms with Crippen molar-refractivity contribution in [3.63, 3.8) is 0 Å². The summed E-state index contributed by atoms with van der Waals surface area (Å²) in [4.78, 5) is 12.3. The molecule has 1 aromatic heterocycles. The highest BCUT2D eigenvalue weighted by atomic mass is 16.5. The fourth-order valence-electron chi connectivity index (χ4n) is 2.53. The van der Waals surface area contributed by atoms with Gasteiger partial charge in [-0.05, 0) is 55.3 Å². The Labute approximate surface area is 152 Å². The standard InChI is InChI=1S/C20H20N4O2/c1-13-8-9-17(26-3)16(12-13)21-18-10-11-19(24-23-18)22-20(25)15-7-5-4-6-14(15)2/h4-12H,1-3H3,(H,21,23)(H,22,24,25). The number of hydrogen-bond donors (Lipinski definition) is 2. The maximum atomic E-state index is 12.3. The second-order valence-corrected chi connectivity index (χ2v) is 5.90. The molecule has 0 saturated heterocycles. The van der Waals surface area contributed by atoms with Crippen LogP contribution in [0.5, 0.6) is 5.75 Å². The average molecular weight is 348 g/mol. The smallest absolute Gasteiger partial charge is 0.257 e. The van der Waals surface area contributed by atoms with Gasteiger partial charge in [0.15, 0.2) is 11.6 Å². The molecule has 132 valence electrons. The van der Waals surface area contributed by atoms with Gasteiger partial charge in [-0.3, -0.25) is 4.79 Å². The van der Waals surface area contributed by atoms with Crippen molar-refractivity contribution in [2.45, 2.75) is 13.8 Å². The number of anilines is 3. The molecule has 2 N–H and O–H groups in total. The number of ether oxygens (including phenoxy) is 1. The second kappa shape index (κ2) is 7.65. The number of methoxy groups -OCH3 is 1. The number of aryl methyl sites for hydroxylation is 2. The minimum Gasteiger partial charge on any atom is -0.495 e. The number of carbonyl (C=O) groups excluding carboxylic acids is 1. The summed E-state index contributed by atoms with van der Waals surface area (Å²) in [5.41, 5.74) is 3.42. The normalized spacial score (nSPS) is 10.3. The zero-order valence-corrected chi connectivity index (χ0v) is 14.9. The number of aromatic nitrogens is 2. The molecule has 3 aromatic rings. The van der Waals surface area contributed by atoms with Crippen LogP contribution in [0.2, 0.25) is 0 Å². The van der Waals surface area contributed by atoms with Gasteiger partial charge in [0.2, 0.25) is 0 Å². The van der Waals surface area contributed by atoms with E-state index in [2.05, 4.69) is 20.8 Å². The molecular formula is C20H20N4O2. The van der Waals surface area contributed by atoms with Crippen LogP contribution in [0, 0.1) is 13.8 Å². The first kappa shape index (κ1) is 17.4. The number of benzene rings is 2. The Morgan fingerprint density at radius 3 is 2.38 bits per heavy atom. The van der Waals surface area contributed by atoms with E-state index >= 15 is 0 Å². The van der Waals surface area contributed by atoms with Crippen LogP contribution in [0.25, 0.3) is 0 Å². The topological polar surface area (TPSA) is 76.1 Å². The first-order valence-corrected chi connectivity index (χ1v) is 8.19. The number of amides is 1. The molecule has 0 bridgehead atoms. The van der Waals surface area contributed by atoms with E-state index in [0.717, 1.165) is 16.8 Å². The molecule has 2 aromatic carbocycles. The summed E-state index contributed by atoms with van der Waals surface area (Å²) in [7, 11) is 1.62. The molecule has 1 amide bonds. The molecule has 0 spiro atoms. The lowest BCUT2D eigenvalue weighted by Crippen LogP contribution is -2.14. The van der Waals surface area contributed by atoms with Gasteiger partial charge in [0.1, 0.15) is 5.75 Å². The van der Waals surface area contributed by atoms with E-state index in [4.69, 9.17) is 4.74 Å². The van der Waals surface area contributed by atoms with Crippen molar-refractivity contribution in [2.24, 2.45) is 0 Å². The summed E-state index contributed by atoms with van der Waals surface area (Å²) in [5.74, 6) is 1.45. The van der Waals surface area contributed by atoms with Crippen LogP contribution < -0.4 is 15.4 Å². The van der Waals surface area contributed by atoms with Gasteiger partial charge in [0.05, 0.1) is 12.8 Å². The summed E-state index contributed by atoms with van der Waals surface area (Å²) in [6.45, 7) is 3.89. The lowest BCUT2D eigenvalue weighted by Gasteiger charge is -2.11. The van der Waals surface area contributed by atoms with Crippen molar-refractivity contribution in [3.8, 4) is 5.75 Å². The zero-order valence-electron chi connectivity index (χ0n) is 14.9. The first-order valence-electron chi connectivity index (χ1n) is 8.19. The highest BCUT2D eigenvalue weighted by Gasteiger charge is 2.10. The lowest BCUT2D eigenvalue weighted by molar-refractivity contribution is 0.102. The fraction of sp³-hybridized carbons (Fsp3) is 0.150. The zero-order chi connectivity index (χ0) is 18.5. The first-order chi connectivity index (χ1) is 12.6. The predicted molar refractivity (Wildman–Crippen MR) is 102 cm³/mol. The quantitative estimate of drug-likeness (QED) is 0.726. The van der Waals surface area contributed by atoms with Crippen LogP contribution >= 0.6 is 0 Å². The number of hydrogen-bond acceptors (Lipinski definition) is 5. The molecule has 6 heteroatoms. The molecule has 6 nitrogen and oxygen atoms in total. The van der Waals surface area contributed by atoms with E-state index < -0.39 is 0 Å². The molecule has 0 aliphatic heterocycles. The third kappa shape index (κ3) is 3.97. The Balaban J connectivity index is 1.72. The van der Waals surface area contributed by atoms with Gasteiger partial charge in [-0.2, -0.15) is 0 Å². The minimum atomic E-state index is -0.210. The highest BCUT2D eigenvalue weighted by Crippen LogP contribution is 2.27. The SMILES string of the molecule is COc1ccc(C)cc1Nc1ccc(NC(=O)c2ccccc2C)nn1. The molecule has 26 heavy (non-hydrogen) atoms. The maximum absolute atomic E-state index is 12.3. The van der Waals surface area contributed by atoms with Crippen LogP contribution in [0.4, 0.5) is 17.3 Å². The Bertz CT molecular complexity index is 923. The maximum Gasteiger partial charge on any atom is 0.257 e. The summed E-state index contributed by atoms with van der Waals surface area (Å²) in [5, 5.41) is 14.1. The van der Waals surface area contributed by atoms with Crippen molar-refractivity contribution in [3.05, 3.63) is 71.3 Å². The third-order valence-electron chi connectivity index (χ3n) is 3.91. The van der Waals surface area contributed by atoms with Gasteiger partial charge in [-0.1, -0.05) is 24.3 Å². The number of nitrogens with zero attached hydrogens (tertiary/aromatic N) is 2. The van der Waals surface area contributed by atoms with E-state index in [1.807, 2.05) is 50.2 Å². The Hall–Kier alpha value is -3.41. The van der Waals surface area contributed by atoms with E-state index in [1.165, 1.54) is 0 Å². The van der Waals surface area contributed by atoms with Crippen molar-refractivity contribution in [1.82, 2.24) is 10.2 Å². The highest BCUT2D eigenvalue weighted by molar-refractivity contribution is 6.04. The summed E-state index contributed by atoms with van der Waals surface area (Å²) < 4.78 is 5.34. The Morgan fingerprint density at radius 1 is 0.962 bits per heavy atom. The van der Waals surface area contributed by atoms with Crippen LogP contribution in [0.15, 0.2) is 54.6 Å². The average Bonchev–Trinajstić information content (AvgIpc) is 2.64. The van der Waals surface area contributed by atoms with Crippen LogP contribution in [0.3, 0.4) is 0 Å². The van der Waals surface area contributed by atoms with Crippen molar-refractivity contribution < 1.29 is 9.53 Å². The Morgan fingerprint density at radius 2 is 1.69 bits per heavy atom. The van der Waals surface area contributed by atoms with Gasteiger partial charge in [0, 0.05) is 5.56 Å². The molecule has 1 heterocycles. The lowest BCUT2D eigenvalue weighted by atomic mass is 10.1. The number of carbonyl (C=O) groups is 1. The Kier molecular flexibility index (Phi) is 5.12. The van der Waals surface area contributed by atoms with Crippen molar-refractivity contribution >= 4 is 23.2 Å². The van der Waals surface area contributed by atoms with Crippen LogP contribution in [0.1, 0.15) is 21.5 Å². The number of rotatable bonds is 5. The number of nitrogens with one attached hydrogen (secondary N) is 2. The van der Waals surface area contributed by atoms with Gasteiger partial charge in [0.25, 0.3) is 5.91 Å². The summed E-state index contributed by atoms with van der Waals surface area (Å²) in [6.07, 6.45) is 0. The largest absolute Gasteiger partial charge is 0.495 e. The van der Waals surface area contributed by atoms with E-state index in [-0.39, 0.29) is 5.91 Å². The molecule has 0 radical (unpaired) electrons. The molecule has 0 fully saturated rings. The molecule has 0 aliphatic carbocycles. The van der Waals surface area contributed by atoms with E-state index in [1.54, 1.807) is 25.3 Å². The summed E-state index contributed by atoms with van der Waals surface area (Å²) in [6, 6.07) is 16.7. The van der Waals surface area contributed by atoms with Gasteiger partial charge < -0.3 is 15.4 Å². The molecule has 0 unspecified atom stereocenters. The van der Waals surface area contributed by atoms with E-state index in [9.17, 15) is 4.79 Å².